The molecule has 44 heavy (non-hydrogen) atoms. The van der Waals surface area contributed by atoms with E-state index in [0.717, 1.165) is 37.2 Å². The maximum absolute atomic E-state index is 13.9. The SMILES string of the molecule is C#Cc1cc(C[C@@H](OC(=O)N2CCC3(CC2)CC(=O)Nc2ccccc23)C(=O)N2CCC(N3CCCC3)CC2)cc(Cl)c1N. The molecule has 4 aliphatic rings. The number of amides is 3. The lowest BCUT2D eigenvalue weighted by Crippen LogP contribution is -2.52. The Morgan fingerprint density at radius 2 is 1.77 bits per heavy atom. The zero-order valence-electron chi connectivity index (χ0n) is 25.0. The lowest BCUT2D eigenvalue weighted by Gasteiger charge is -2.44. The molecule has 2 aromatic rings. The fraction of sp³-hybridized carbons (Fsp3) is 0.500. The van der Waals surface area contributed by atoms with Crippen LogP contribution in [0.15, 0.2) is 36.4 Å². The van der Waals surface area contributed by atoms with E-state index in [1.165, 1.54) is 12.8 Å². The van der Waals surface area contributed by atoms with Gasteiger partial charge in [-0.2, -0.15) is 0 Å². The van der Waals surface area contributed by atoms with Crippen molar-refractivity contribution in [2.24, 2.45) is 0 Å². The number of carbonyl (C=O) groups is 3. The first-order valence-electron chi connectivity index (χ1n) is 15.7. The number of nitrogen functional groups attached to an aromatic ring is 1. The van der Waals surface area contributed by atoms with Gasteiger partial charge in [0.1, 0.15) is 0 Å². The van der Waals surface area contributed by atoms with E-state index in [4.69, 9.17) is 28.5 Å². The van der Waals surface area contributed by atoms with Crippen LogP contribution in [-0.2, 0) is 26.2 Å². The van der Waals surface area contributed by atoms with Crippen LogP contribution in [0.1, 0.15) is 61.6 Å². The van der Waals surface area contributed by atoms with Crippen LogP contribution in [0.5, 0.6) is 0 Å². The summed E-state index contributed by atoms with van der Waals surface area (Å²) in [4.78, 5) is 46.1. The lowest BCUT2D eigenvalue weighted by molar-refractivity contribution is -0.142. The van der Waals surface area contributed by atoms with E-state index in [-0.39, 0.29) is 23.7 Å². The van der Waals surface area contributed by atoms with Gasteiger partial charge in [0, 0.05) is 61.7 Å². The summed E-state index contributed by atoms with van der Waals surface area (Å²) in [6.07, 6.45) is 10.2. The molecule has 10 heteroatoms. The van der Waals surface area contributed by atoms with Crippen molar-refractivity contribution in [2.75, 3.05) is 50.3 Å². The quantitative estimate of drug-likeness (QED) is 0.380. The predicted molar refractivity (Wildman–Crippen MR) is 170 cm³/mol. The monoisotopic (exact) mass is 617 g/mol. The van der Waals surface area contributed by atoms with Gasteiger partial charge in [0.25, 0.3) is 5.91 Å². The van der Waals surface area contributed by atoms with Crippen molar-refractivity contribution < 1.29 is 19.1 Å². The van der Waals surface area contributed by atoms with E-state index in [1.54, 1.807) is 17.0 Å². The number of terminal acetylenes is 1. The maximum atomic E-state index is 13.9. The molecule has 3 amide bonds. The predicted octanol–water partition coefficient (Wildman–Crippen LogP) is 4.41. The molecule has 232 valence electrons. The third kappa shape index (κ3) is 6.11. The molecule has 2 aromatic carbocycles. The number of benzene rings is 2. The van der Waals surface area contributed by atoms with E-state index >= 15 is 0 Å². The Hall–Kier alpha value is -3.74. The zero-order valence-corrected chi connectivity index (χ0v) is 25.8. The molecule has 9 nitrogen and oxygen atoms in total. The first-order valence-corrected chi connectivity index (χ1v) is 16.1. The third-order valence-electron chi connectivity index (χ3n) is 9.97. The molecule has 3 N–H and O–H groups in total. The van der Waals surface area contributed by atoms with Gasteiger partial charge < -0.3 is 30.5 Å². The molecular formula is C34H40ClN5O4. The number of hydrogen-bond acceptors (Lipinski definition) is 6. The van der Waals surface area contributed by atoms with E-state index < -0.39 is 12.2 Å². The van der Waals surface area contributed by atoms with Crippen molar-refractivity contribution in [3.8, 4) is 12.3 Å². The number of hydrogen-bond donors (Lipinski definition) is 2. The third-order valence-corrected chi connectivity index (χ3v) is 10.3. The largest absolute Gasteiger partial charge is 0.436 e. The Labute approximate surface area is 264 Å². The highest BCUT2D eigenvalue weighted by Gasteiger charge is 2.44. The Balaban J connectivity index is 1.16. The highest BCUT2D eigenvalue weighted by atomic mass is 35.5. The standard InChI is InChI=1S/C34H40ClN5O4/c1-2-24-19-23(20-27(35)31(24)36)21-29(32(42)39-15-9-25(10-16-39)38-13-5-6-14-38)44-33(43)40-17-11-34(12-18-40)22-30(41)37-28-8-4-3-7-26(28)34/h1,3-4,7-8,19-20,25,29H,5-6,9-18,21-22,36H2,(H,37,41)/t29-/m1/s1. The summed E-state index contributed by atoms with van der Waals surface area (Å²) in [5.74, 6) is 2.34. The molecule has 0 aromatic heterocycles. The highest BCUT2D eigenvalue weighted by molar-refractivity contribution is 6.33. The molecule has 4 heterocycles. The van der Waals surface area contributed by atoms with Gasteiger partial charge in [-0.05, 0) is 80.9 Å². The minimum absolute atomic E-state index is 0.00705. The van der Waals surface area contributed by atoms with Gasteiger partial charge in [0.15, 0.2) is 6.10 Å². The van der Waals surface area contributed by atoms with Crippen molar-refractivity contribution in [3.63, 3.8) is 0 Å². The number of ether oxygens (including phenoxy) is 1. The number of para-hydroxylation sites is 1. The molecule has 1 atom stereocenters. The molecule has 0 aliphatic carbocycles. The van der Waals surface area contributed by atoms with Crippen molar-refractivity contribution in [2.45, 2.75) is 68.9 Å². The molecule has 0 unspecified atom stereocenters. The van der Waals surface area contributed by atoms with Gasteiger partial charge in [-0.15, -0.1) is 6.42 Å². The van der Waals surface area contributed by atoms with Gasteiger partial charge in [0.2, 0.25) is 5.91 Å². The second-order valence-corrected chi connectivity index (χ2v) is 13.0. The first kappa shape index (κ1) is 30.3. The maximum Gasteiger partial charge on any atom is 0.410 e. The number of fused-ring (bicyclic) bond motifs is 2. The molecule has 0 saturated carbocycles. The minimum atomic E-state index is -1.03. The van der Waals surface area contributed by atoms with E-state index in [2.05, 4.69) is 22.2 Å². The second-order valence-electron chi connectivity index (χ2n) is 12.6. The number of carbonyl (C=O) groups excluding carboxylic acids is 3. The van der Waals surface area contributed by atoms with Crippen LogP contribution in [0.2, 0.25) is 5.02 Å². The topological polar surface area (TPSA) is 108 Å². The lowest BCUT2D eigenvalue weighted by atomic mass is 9.68. The summed E-state index contributed by atoms with van der Waals surface area (Å²) in [5, 5.41) is 3.28. The number of nitrogens with two attached hydrogens (primary N) is 1. The Morgan fingerprint density at radius 1 is 1.07 bits per heavy atom. The van der Waals surface area contributed by atoms with E-state index in [9.17, 15) is 14.4 Å². The van der Waals surface area contributed by atoms with Gasteiger partial charge in [-0.1, -0.05) is 35.7 Å². The fourth-order valence-corrected chi connectivity index (χ4v) is 7.72. The summed E-state index contributed by atoms with van der Waals surface area (Å²) in [7, 11) is 0. The van der Waals surface area contributed by atoms with Crippen LogP contribution in [0, 0.1) is 12.3 Å². The number of nitrogens with zero attached hydrogens (tertiary/aromatic N) is 3. The summed E-state index contributed by atoms with van der Waals surface area (Å²) >= 11 is 6.37. The Morgan fingerprint density at radius 3 is 2.48 bits per heavy atom. The van der Waals surface area contributed by atoms with Crippen LogP contribution in [0.25, 0.3) is 0 Å². The van der Waals surface area contributed by atoms with Gasteiger partial charge in [-0.3, -0.25) is 9.59 Å². The number of nitrogens with one attached hydrogen (secondary N) is 1. The van der Waals surface area contributed by atoms with Crippen LogP contribution in [0.3, 0.4) is 0 Å². The highest BCUT2D eigenvalue weighted by Crippen LogP contribution is 2.45. The Bertz CT molecular complexity index is 1470. The second kappa shape index (κ2) is 12.7. The number of piperidine rings is 2. The van der Waals surface area contributed by atoms with E-state index in [0.29, 0.717) is 73.3 Å². The van der Waals surface area contributed by atoms with Crippen molar-refractivity contribution >= 4 is 40.9 Å². The summed E-state index contributed by atoms with van der Waals surface area (Å²) in [5.41, 5.74) is 9.10. The van der Waals surface area contributed by atoms with Crippen molar-refractivity contribution in [3.05, 3.63) is 58.1 Å². The molecule has 6 rings (SSSR count). The molecule has 0 bridgehead atoms. The van der Waals surface area contributed by atoms with Gasteiger partial charge in [0.05, 0.1) is 10.7 Å². The van der Waals surface area contributed by atoms with Crippen molar-refractivity contribution in [1.29, 1.82) is 0 Å². The first-order chi connectivity index (χ1) is 21.3. The van der Waals surface area contributed by atoms with Crippen LogP contribution in [-0.4, -0.2) is 84.0 Å². The molecule has 0 radical (unpaired) electrons. The average molecular weight is 618 g/mol. The fourth-order valence-electron chi connectivity index (χ4n) is 7.48. The molecular weight excluding hydrogens is 578 g/mol. The zero-order chi connectivity index (χ0) is 30.8. The van der Waals surface area contributed by atoms with Crippen molar-refractivity contribution in [1.82, 2.24) is 14.7 Å². The summed E-state index contributed by atoms with van der Waals surface area (Å²) in [6.45, 7) is 4.36. The molecule has 1 spiro atoms. The summed E-state index contributed by atoms with van der Waals surface area (Å²) in [6, 6.07) is 11.8. The smallest absolute Gasteiger partial charge is 0.410 e. The average Bonchev–Trinajstić information content (AvgIpc) is 3.58. The Kier molecular flexibility index (Phi) is 8.75. The van der Waals surface area contributed by atoms with Gasteiger partial charge in [-0.25, -0.2) is 4.79 Å². The number of anilines is 2. The number of rotatable bonds is 5. The number of likely N-dealkylation sites (tertiary alicyclic amines) is 3. The normalized spacial score (nSPS) is 21.0. The number of halogens is 1. The van der Waals surface area contributed by atoms with Crippen LogP contribution in [0.4, 0.5) is 16.2 Å². The molecule has 4 aliphatic heterocycles. The van der Waals surface area contributed by atoms with E-state index in [1.807, 2.05) is 23.1 Å². The minimum Gasteiger partial charge on any atom is -0.436 e. The van der Waals surface area contributed by atoms with Crippen LogP contribution < -0.4 is 11.1 Å². The summed E-state index contributed by atoms with van der Waals surface area (Å²) < 4.78 is 6.03. The molecule has 3 saturated heterocycles. The van der Waals surface area contributed by atoms with Gasteiger partial charge >= 0.3 is 6.09 Å². The van der Waals surface area contributed by atoms with Crippen LogP contribution >= 0.6 is 11.6 Å². The molecule has 3 fully saturated rings.